The van der Waals surface area contributed by atoms with Crippen LogP contribution in [0.25, 0.3) is 0 Å². The third-order valence-corrected chi connectivity index (χ3v) is 6.90. The van der Waals surface area contributed by atoms with Crippen molar-refractivity contribution in [1.29, 1.82) is 0 Å². The Hall–Kier alpha value is -3.43. The minimum atomic E-state index is -3.97. The maximum atomic E-state index is 13.4. The van der Waals surface area contributed by atoms with Crippen molar-refractivity contribution in [2.24, 2.45) is 0 Å². The molecule has 0 bridgehead atoms. The van der Waals surface area contributed by atoms with E-state index >= 15 is 0 Å². The molecule has 3 rings (SSSR count). The van der Waals surface area contributed by atoms with Gasteiger partial charge in [-0.25, -0.2) is 18.9 Å². The SMILES string of the molecule is CCc1cc(C)c(N(C)c2cccnc2S(=O)(=O)c2ccc(OC)cc2)c(C(=O)NO)c1. The lowest BCUT2D eigenvalue weighted by atomic mass is 10.00. The van der Waals surface area contributed by atoms with Gasteiger partial charge in [0.05, 0.1) is 28.9 Å². The summed E-state index contributed by atoms with van der Waals surface area (Å²) >= 11 is 0. The first-order valence-electron chi connectivity index (χ1n) is 9.90. The number of methoxy groups -OCH3 is 1. The molecular weight excluding hydrogens is 430 g/mol. The van der Waals surface area contributed by atoms with Crippen LogP contribution in [-0.4, -0.2) is 38.7 Å². The first kappa shape index (κ1) is 23.2. The largest absolute Gasteiger partial charge is 0.497 e. The van der Waals surface area contributed by atoms with Crippen LogP contribution >= 0.6 is 0 Å². The van der Waals surface area contributed by atoms with Crippen LogP contribution < -0.4 is 15.1 Å². The van der Waals surface area contributed by atoms with Gasteiger partial charge in [-0.1, -0.05) is 13.0 Å². The smallest absolute Gasteiger partial charge is 0.276 e. The van der Waals surface area contributed by atoms with E-state index in [0.29, 0.717) is 23.5 Å². The molecule has 0 aliphatic carbocycles. The number of aryl methyl sites for hydroxylation is 2. The molecule has 168 valence electrons. The Kier molecular flexibility index (Phi) is 6.81. The molecule has 8 nitrogen and oxygen atoms in total. The molecule has 32 heavy (non-hydrogen) atoms. The molecule has 0 radical (unpaired) electrons. The average molecular weight is 456 g/mol. The fourth-order valence-electron chi connectivity index (χ4n) is 3.57. The molecule has 0 atom stereocenters. The number of nitrogens with zero attached hydrogens (tertiary/aromatic N) is 2. The van der Waals surface area contributed by atoms with E-state index in [9.17, 15) is 18.4 Å². The predicted octanol–water partition coefficient (Wildman–Crippen LogP) is 3.68. The highest BCUT2D eigenvalue weighted by atomic mass is 32.2. The van der Waals surface area contributed by atoms with Crippen molar-refractivity contribution in [3.8, 4) is 5.75 Å². The van der Waals surface area contributed by atoms with Gasteiger partial charge in [-0.15, -0.1) is 0 Å². The lowest BCUT2D eigenvalue weighted by Gasteiger charge is -2.26. The molecule has 9 heteroatoms. The number of ether oxygens (including phenoxy) is 1. The molecule has 1 heterocycles. The second kappa shape index (κ2) is 9.37. The summed E-state index contributed by atoms with van der Waals surface area (Å²) in [5.74, 6) is -0.151. The highest BCUT2D eigenvalue weighted by Crippen LogP contribution is 2.36. The Labute approximate surface area is 187 Å². The van der Waals surface area contributed by atoms with Crippen molar-refractivity contribution >= 4 is 27.1 Å². The zero-order valence-corrected chi connectivity index (χ0v) is 19.1. The van der Waals surface area contributed by atoms with Crippen LogP contribution in [0.3, 0.4) is 0 Å². The number of hydrogen-bond acceptors (Lipinski definition) is 7. The Bertz CT molecular complexity index is 1240. The van der Waals surface area contributed by atoms with Gasteiger partial charge < -0.3 is 9.64 Å². The number of hydroxylamine groups is 1. The van der Waals surface area contributed by atoms with Gasteiger partial charge in [0.1, 0.15) is 5.75 Å². The fourth-order valence-corrected chi connectivity index (χ4v) is 4.97. The molecule has 3 aromatic rings. The molecule has 0 aliphatic rings. The first-order chi connectivity index (χ1) is 15.2. The fraction of sp³-hybridized carbons (Fsp3) is 0.217. The van der Waals surface area contributed by atoms with Gasteiger partial charge in [-0.2, -0.15) is 0 Å². The summed E-state index contributed by atoms with van der Waals surface area (Å²) in [6.07, 6.45) is 2.10. The Balaban J connectivity index is 2.18. The van der Waals surface area contributed by atoms with E-state index in [4.69, 9.17) is 4.74 Å². The van der Waals surface area contributed by atoms with Crippen molar-refractivity contribution in [2.75, 3.05) is 19.1 Å². The zero-order chi connectivity index (χ0) is 23.5. The van der Waals surface area contributed by atoms with Crippen molar-refractivity contribution in [3.05, 3.63) is 71.4 Å². The number of pyridine rings is 1. The molecule has 0 spiro atoms. The number of carbonyl (C=O) groups excluding carboxylic acids is 1. The molecular formula is C23H25N3O5S. The summed E-state index contributed by atoms with van der Waals surface area (Å²) in [5.41, 5.74) is 4.33. The van der Waals surface area contributed by atoms with Crippen LogP contribution in [0.4, 0.5) is 11.4 Å². The lowest BCUT2D eigenvalue weighted by molar-refractivity contribution is 0.0707. The summed E-state index contributed by atoms with van der Waals surface area (Å²) in [5, 5.41) is 9.11. The molecule has 0 aliphatic heterocycles. The number of carbonyl (C=O) groups is 1. The lowest BCUT2D eigenvalue weighted by Crippen LogP contribution is -2.24. The van der Waals surface area contributed by atoms with Gasteiger partial charge in [0, 0.05) is 13.2 Å². The molecule has 2 aromatic carbocycles. The molecule has 2 N–H and O–H groups in total. The van der Waals surface area contributed by atoms with E-state index in [2.05, 4.69) is 4.98 Å². The second-order valence-corrected chi connectivity index (χ2v) is 9.03. The number of anilines is 2. The number of hydrogen-bond donors (Lipinski definition) is 2. The molecule has 0 saturated carbocycles. The molecule has 0 unspecified atom stereocenters. The number of aromatic nitrogens is 1. The summed E-state index contributed by atoms with van der Waals surface area (Å²) < 4.78 is 31.9. The van der Waals surface area contributed by atoms with Crippen LogP contribution in [-0.2, 0) is 16.3 Å². The van der Waals surface area contributed by atoms with Crippen LogP contribution in [0.5, 0.6) is 5.75 Å². The number of rotatable bonds is 7. The normalized spacial score (nSPS) is 11.2. The summed E-state index contributed by atoms with van der Waals surface area (Å²) in [6.45, 7) is 3.78. The average Bonchev–Trinajstić information content (AvgIpc) is 2.82. The predicted molar refractivity (Wildman–Crippen MR) is 121 cm³/mol. The summed E-state index contributed by atoms with van der Waals surface area (Å²) in [6, 6.07) is 12.9. The second-order valence-electron chi connectivity index (χ2n) is 7.17. The maximum absolute atomic E-state index is 13.4. The van der Waals surface area contributed by atoms with Crippen molar-refractivity contribution in [1.82, 2.24) is 10.5 Å². The van der Waals surface area contributed by atoms with E-state index < -0.39 is 15.7 Å². The van der Waals surface area contributed by atoms with E-state index in [1.54, 1.807) is 47.8 Å². The third kappa shape index (κ3) is 4.30. The van der Waals surface area contributed by atoms with Gasteiger partial charge in [-0.3, -0.25) is 10.0 Å². The number of amides is 1. The van der Waals surface area contributed by atoms with Crippen molar-refractivity contribution < 1.29 is 23.2 Å². The number of benzene rings is 2. The molecule has 0 saturated heterocycles. The maximum Gasteiger partial charge on any atom is 0.276 e. The topological polar surface area (TPSA) is 109 Å². The van der Waals surface area contributed by atoms with Gasteiger partial charge in [-0.05, 0) is 66.9 Å². The monoisotopic (exact) mass is 455 g/mol. The first-order valence-corrected chi connectivity index (χ1v) is 11.4. The molecule has 1 amide bonds. The van der Waals surface area contributed by atoms with Gasteiger partial charge in [0.2, 0.25) is 9.84 Å². The highest BCUT2D eigenvalue weighted by molar-refractivity contribution is 7.91. The quantitative estimate of drug-likeness (QED) is 0.413. The van der Waals surface area contributed by atoms with E-state index in [0.717, 1.165) is 11.1 Å². The van der Waals surface area contributed by atoms with Crippen LogP contribution in [0, 0.1) is 6.92 Å². The highest BCUT2D eigenvalue weighted by Gasteiger charge is 2.27. The Morgan fingerprint density at radius 3 is 2.47 bits per heavy atom. The number of nitrogens with one attached hydrogen (secondary N) is 1. The minimum absolute atomic E-state index is 0.0676. The Morgan fingerprint density at radius 2 is 1.88 bits per heavy atom. The van der Waals surface area contributed by atoms with Crippen molar-refractivity contribution in [3.63, 3.8) is 0 Å². The van der Waals surface area contributed by atoms with Gasteiger partial charge >= 0.3 is 0 Å². The standard InChI is InChI=1S/C23H25N3O5S/c1-5-16-13-15(2)21(19(14-16)22(27)25-28)26(3)20-7-6-12-24-23(20)32(29,30)18-10-8-17(31-4)9-11-18/h6-14,28H,5H2,1-4H3,(H,25,27). The van der Waals surface area contributed by atoms with E-state index in [-0.39, 0.29) is 15.5 Å². The van der Waals surface area contributed by atoms with Crippen LogP contribution in [0.2, 0.25) is 0 Å². The minimum Gasteiger partial charge on any atom is -0.497 e. The summed E-state index contributed by atoms with van der Waals surface area (Å²) in [4.78, 5) is 18.3. The summed E-state index contributed by atoms with van der Waals surface area (Å²) in [7, 11) is -0.810. The number of sulfone groups is 1. The van der Waals surface area contributed by atoms with Crippen molar-refractivity contribution in [2.45, 2.75) is 30.2 Å². The van der Waals surface area contributed by atoms with Crippen LogP contribution in [0.1, 0.15) is 28.4 Å². The van der Waals surface area contributed by atoms with Gasteiger partial charge in [0.25, 0.3) is 5.91 Å². The van der Waals surface area contributed by atoms with E-state index in [1.807, 2.05) is 19.9 Å². The van der Waals surface area contributed by atoms with E-state index in [1.165, 1.54) is 25.4 Å². The van der Waals surface area contributed by atoms with Crippen LogP contribution in [0.15, 0.2) is 64.6 Å². The van der Waals surface area contributed by atoms with Gasteiger partial charge in [0.15, 0.2) is 5.03 Å². The third-order valence-electron chi connectivity index (χ3n) is 5.19. The Morgan fingerprint density at radius 1 is 1.19 bits per heavy atom. The zero-order valence-electron chi connectivity index (χ0n) is 18.3. The molecule has 1 aromatic heterocycles. The molecule has 0 fully saturated rings.